The maximum atomic E-state index is 4.16. The highest BCUT2D eigenvalue weighted by Crippen LogP contribution is 2.50. The summed E-state index contributed by atoms with van der Waals surface area (Å²) in [5.74, 6) is 0. The third-order valence-electron chi connectivity index (χ3n) is 2.44. The Hall–Kier alpha value is -0.0200. The SMILES string of the molecule is C=C1CC(C)(SSC)C(=C)N1CC. The van der Waals surface area contributed by atoms with E-state index in [2.05, 4.69) is 38.2 Å². The summed E-state index contributed by atoms with van der Waals surface area (Å²) < 4.78 is 0.159. The molecule has 13 heavy (non-hydrogen) atoms. The van der Waals surface area contributed by atoms with Gasteiger partial charge in [0.05, 0.1) is 4.75 Å². The van der Waals surface area contributed by atoms with Crippen molar-refractivity contribution in [2.45, 2.75) is 25.0 Å². The van der Waals surface area contributed by atoms with Gasteiger partial charge in [-0.15, -0.1) is 0 Å². The van der Waals surface area contributed by atoms with Crippen molar-refractivity contribution in [3.8, 4) is 0 Å². The van der Waals surface area contributed by atoms with Gasteiger partial charge in [-0.1, -0.05) is 34.7 Å². The maximum absolute atomic E-state index is 4.16. The first-order valence-electron chi connectivity index (χ1n) is 4.41. The molecule has 1 aliphatic heterocycles. The van der Waals surface area contributed by atoms with Gasteiger partial charge in [0.1, 0.15) is 0 Å². The minimum absolute atomic E-state index is 0.159. The smallest absolute Gasteiger partial charge is 0.0683 e. The second-order valence-corrected chi connectivity index (χ2v) is 6.32. The fourth-order valence-corrected chi connectivity index (χ4v) is 4.11. The Kier molecular flexibility index (Phi) is 3.41. The number of nitrogens with zero attached hydrogens (tertiary/aromatic N) is 1. The van der Waals surface area contributed by atoms with E-state index in [-0.39, 0.29) is 4.75 Å². The number of hydrogen-bond donors (Lipinski definition) is 0. The van der Waals surface area contributed by atoms with Gasteiger partial charge in [-0.2, -0.15) is 0 Å². The van der Waals surface area contributed by atoms with Crippen LogP contribution in [0.5, 0.6) is 0 Å². The molecule has 1 nitrogen and oxygen atoms in total. The zero-order valence-corrected chi connectivity index (χ0v) is 10.2. The number of allylic oxidation sites excluding steroid dienone is 1. The molecule has 0 aromatic heterocycles. The molecule has 0 spiro atoms. The van der Waals surface area contributed by atoms with E-state index in [1.807, 2.05) is 10.8 Å². The molecular weight excluding hydrogens is 198 g/mol. The van der Waals surface area contributed by atoms with Crippen LogP contribution in [0.4, 0.5) is 0 Å². The summed E-state index contributed by atoms with van der Waals surface area (Å²) in [6, 6.07) is 0. The van der Waals surface area contributed by atoms with E-state index in [4.69, 9.17) is 0 Å². The van der Waals surface area contributed by atoms with Crippen molar-refractivity contribution >= 4 is 21.6 Å². The zero-order valence-electron chi connectivity index (χ0n) is 8.59. The molecule has 0 N–H and O–H groups in total. The topological polar surface area (TPSA) is 3.24 Å². The van der Waals surface area contributed by atoms with E-state index >= 15 is 0 Å². The van der Waals surface area contributed by atoms with Crippen molar-refractivity contribution in [3.05, 3.63) is 24.6 Å². The summed E-state index contributed by atoms with van der Waals surface area (Å²) in [6.45, 7) is 13.6. The minimum Gasteiger partial charge on any atom is -0.349 e. The molecule has 0 aromatic rings. The van der Waals surface area contributed by atoms with Crippen LogP contribution in [0, 0.1) is 0 Å². The molecule has 1 atom stereocenters. The van der Waals surface area contributed by atoms with E-state index in [9.17, 15) is 0 Å². The zero-order chi connectivity index (χ0) is 10.1. The van der Waals surface area contributed by atoms with Gasteiger partial charge in [0.25, 0.3) is 0 Å². The molecule has 0 bridgehead atoms. The summed E-state index contributed by atoms with van der Waals surface area (Å²) in [5, 5.41) is 0. The monoisotopic (exact) mass is 215 g/mol. The van der Waals surface area contributed by atoms with Crippen LogP contribution in [-0.2, 0) is 0 Å². The standard InChI is InChI=1S/C10H17NS2/c1-6-11-8(2)7-10(4,9(11)3)13-12-5/h2-3,6-7H2,1,4-5H3. The van der Waals surface area contributed by atoms with E-state index in [0.717, 1.165) is 13.0 Å². The Labute approximate surface area is 89.0 Å². The quantitative estimate of drug-likeness (QED) is 0.663. The molecule has 1 rings (SSSR count). The van der Waals surface area contributed by atoms with E-state index < -0.39 is 0 Å². The molecule has 0 radical (unpaired) electrons. The van der Waals surface area contributed by atoms with Crippen molar-refractivity contribution in [3.63, 3.8) is 0 Å². The lowest BCUT2D eigenvalue weighted by molar-refractivity contribution is 0.479. The average Bonchev–Trinajstić information content (AvgIpc) is 2.24. The van der Waals surface area contributed by atoms with Crippen LogP contribution >= 0.6 is 21.6 Å². The van der Waals surface area contributed by atoms with Crippen LogP contribution < -0.4 is 0 Å². The largest absolute Gasteiger partial charge is 0.349 e. The van der Waals surface area contributed by atoms with Crippen LogP contribution in [0.3, 0.4) is 0 Å². The fourth-order valence-electron chi connectivity index (χ4n) is 1.74. The van der Waals surface area contributed by atoms with Gasteiger partial charge in [-0.3, -0.25) is 0 Å². The molecule has 0 saturated carbocycles. The van der Waals surface area contributed by atoms with Crippen molar-refractivity contribution < 1.29 is 0 Å². The Morgan fingerprint density at radius 3 is 2.54 bits per heavy atom. The number of rotatable bonds is 3. The second kappa shape index (κ2) is 4.01. The molecule has 0 aromatic carbocycles. The summed E-state index contributed by atoms with van der Waals surface area (Å²) in [6.07, 6.45) is 3.14. The Bertz CT molecular complexity index is 237. The second-order valence-electron chi connectivity index (χ2n) is 3.41. The highest BCUT2D eigenvalue weighted by Gasteiger charge is 2.39. The Morgan fingerprint density at radius 1 is 1.54 bits per heavy atom. The predicted molar refractivity (Wildman–Crippen MR) is 64.8 cm³/mol. The number of likely N-dealkylation sites (tertiary alicyclic amines) is 1. The maximum Gasteiger partial charge on any atom is 0.0683 e. The van der Waals surface area contributed by atoms with Gasteiger partial charge in [0, 0.05) is 24.4 Å². The normalized spacial score (nSPS) is 28.7. The summed E-state index contributed by atoms with van der Waals surface area (Å²) in [4.78, 5) is 2.23. The summed E-state index contributed by atoms with van der Waals surface area (Å²) >= 11 is 0. The molecule has 0 aliphatic carbocycles. The Morgan fingerprint density at radius 2 is 2.15 bits per heavy atom. The molecule has 74 valence electrons. The first-order valence-corrected chi connectivity index (χ1v) is 6.97. The molecule has 1 saturated heterocycles. The van der Waals surface area contributed by atoms with E-state index in [0.29, 0.717) is 0 Å². The molecule has 1 heterocycles. The van der Waals surface area contributed by atoms with Crippen LogP contribution in [0.15, 0.2) is 24.6 Å². The lowest BCUT2D eigenvalue weighted by atomic mass is 10.1. The molecular formula is C10H17NS2. The van der Waals surface area contributed by atoms with Gasteiger partial charge in [-0.05, 0) is 20.1 Å². The predicted octanol–water partition coefficient (Wildman–Crippen LogP) is 3.51. The van der Waals surface area contributed by atoms with Gasteiger partial charge in [-0.25, -0.2) is 0 Å². The van der Waals surface area contributed by atoms with Crippen LogP contribution in [0.1, 0.15) is 20.3 Å². The van der Waals surface area contributed by atoms with Crippen molar-refractivity contribution in [2.24, 2.45) is 0 Å². The van der Waals surface area contributed by atoms with Gasteiger partial charge < -0.3 is 4.90 Å². The molecule has 0 amide bonds. The van der Waals surface area contributed by atoms with Crippen molar-refractivity contribution in [2.75, 3.05) is 12.8 Å². The third kappa shape index (κ3) is 1.91. The Balaban J connectivity index is 2.83. The van der Waals surface area contributed by atoms with Crippen molar-refractivity contribution in [1.82, 2.24) is 4.90 Å². The lowest BCUT2D eigenvalue weighted by Crippen LogP contribution is -2.22. The van der Waals surface area contributed by atoms with Gasteiger partial charge >= 0.3 is 0 Å². The lowest BCUT2D eigenvalue weighted by Gasteiger charge is -2.25. The van der Waals surface area contributed by atoms with Crippen LogP contribution in [-0.4, -0.2) is 22.4 Å². The summed E-state index contributed by atoms with van der Waals surface area (Å²) in [5.41, 5.74) is 2.41. The van der Waals surface area contributed by atoms with Crippen molar-refractivity contribution in [1.29, 1.82) is 0 Å². The molecule has 3 heteroatoms. The highest BCUT2D eigenvalue weighted by atomic mass is 33.1. The molecule has 1 unspecified atom stereocenters. The highest BCUT2D eigenvalue weighted by molar-refractivity contribution is 8.77. The van der Waals surface area contributed by atoms with Crippen LogP contribution in [0.2, 0.25) is 0 Å². The summed E-state index contributed by atoms with van der Waals surface area (Å²) in [7, 11) is 3.69. The fraction of sp³-hybridized carbons (Fsp3) is 0.600. The van der Waals surface area contributed by atoms with E-state index in [1.165, 1.54) is 11.4 Å². The minimum atomic E-state index is 0.159. The first-order chi connectivity index (χ1) is 6.05. The average molecular weight is 215 g/mol. The third-order valence-corrected chi connectivity index (χ3v) is 4.96. The molecule has 1 fully saturated rings. The molecule has 1 aliphatic rings. The van der Waals surface area contributed by atoms with Gasteiger partial charge in [0.15, 0.2) is 0 Å². The van der Waals surface area contributed by atoms with E-state index in [1.54, 1.807) is 10.8 Å². The van der Waals surface area contributed by atoms with Gasteiger partial charge in [0.2, 0.25) is 0 Å². The van der Waals surface area contributed by atoms with Crippen LogP contribution in [0.25, 0.3) is 0 Å². The number of hydrogen-bond acceptors (Lipinski definition) is 3. The first kappa shape index (κ1) is 11.1.